The Morgan fingerprint density at radius 2 is 1.82 bits per heavy atom. The summed E-state index contributed by atoms with van der Waals surface area (Å²) < 4.78 is 2.34. The average molecular weight is 391 g/mol. The summed E-state index contributed by atoms with van der Waals surface area (Å²) in [5, 5.41) is 4.36. The van der Waals surface area contributed by atoms with Gasteiger partial charge in [0.15, 0.2) is 5.11 Å². The smallest absolute Gasteiger partial charge is 0.170 e. The Morgan fingerprint density at radius 3 is 2.54 bits per heavy atom. The van der Waals surface area contributed by atoms with Crippen LogP contribution in [0.15, 0.2) is 66.9 Å². The zero-order chi connectivity index (χ0) is 19.5. The highest BCUT2D eigenvalue weighted by Crippen LogP contribution is 2.40. The minimum atomic E-state index is 0.0299. The van der Waals surface area contributed by atoms with E-state index in [9.17, 15) is 0 Å². The molecule has 144 valence electrons. The molecule has 0 amide bonds. The standard InChI is InChI=1S/C23H26N4S/c1-3-4-16-26-22(21(25-23(26)28)19-12-8-9-15-24-19)20-14-13-17(2)27(20)18-10-6-5-7-11-18/h5-15,21-22H,3-4,16H2,1-2H3,(H,25,28)/t21-,22-/m1/s1. The Bertz CT molecular complexity index is 936. The number of aryl methyl sites for hydroxylation is 1. The summed E-state index contributed by atoms with van der Waals surface area (Å²) in [6, 6.07) is 21.2. The van der Waals surface area contributed by atoms with Crippen molar-refractivity contribution < 1.29 is 0 Å². The van der Waals surface area contributed by atoms with Crippen LogP contribution in [-0.4, -0.2) is 26.1 Å². The van der Waals surface area contributed by atoms with Gasteiger partial charge in [0.25, 0.3) is 0 Å². The quantitative estimate of drug-likeness (QED) is 0.604. The number of unbranched alkanes of at least 4 members (excludes halogenated alkanes) is 1. The Kier molecular flexibility index (Phi) is 5.44. The Morgan fingerprint density at radius 1 is 1.04 bits per heavy atom. The predicted molar refractivity (Wildman–Crippen MR) is 118 cm³/mol. The van der Waals surface area contributed by atoms with E-state index in [4.69, 9.17) is 12.2 Å². The molecule has 1 fully saturated rings. The number of pyridine rings is 1. The number of rotatable bonds is 6. The first-order chi connectivity index (χ1) is 13.7. The number of hydrogen-bond acceptors (Lipinski definition) is 2. The summed E-state index contributed by atoms with van der Waals surface area (Å²) in [6.45, 7) is 5.31. The van der Waals surface area contributed by atoms with Crippen molar-refractivity contribution in [1.82, 2.24) is 19.8 Å². The van der Waals surface area contributed by atoms with E-state index in [0.29, 0.717) is 0 Å². The van der Waals surface area contributed by atoms with Gasteiger partial charge in [-0.2, -0.15) is 0 Å². The summed E-state index contributed by atoms with van der Waals surface area (Å²) in [5.74, 6) is 0. The maximum absolute atomic E-state index is 5.75. The van der Waals surface area contributed by atoms with E-state index in [2.05, 4.69) is 82.1 Å². The molecular formula is C23H26N4S. The monoisotopic (exact) mass is 390 g/mol. The highest BCUT2D eigenvalue weighted by atomic mass is 32.1. The molecule has 4 nitrogen and oxygen atoms in total. The lowest BCUT2D eigenvalue weighted by Crippen LogP contribution is -2.31. The van der Waals surface area contributed by atoms with Gasteiger partial charge in [0.05, 0.1) is 17.8 Å². The molecule has 1 saturated heterocycles. The Labute approximate surface area is 172 Å². The highest BCUT2D eigenvalue weighted by Gasteiger charge is 2.41. The zero-order valence-corrected chi connectivity index (χ0v) is 17.2. The van der Waals surface area contributed by atoms with Crippen molar-refractivity contribution >= 4 is 17.3 Å². The number of benzene rings is 1. The lowest BCUT2D eigenvalue weighted by Gasteiger charge is -2.29. The second-order valence-corrected chi connectivity index (χ2v) is 7.63. The van der Waals surface area contributed by atoms with Gasteiger partial charge in [0.2, 0.25) is 0 Å². The summed E-state index contributed by atoms with van der Waals surface area (Å²) in [7, 11) is 0. The first-order valence-electron chi connectivity index (χ1n) is 9.92. The van der Waals surface area contributed by atoms with Crippen molar-refractivity contribution in [3.8, 4) is 5.69 Å². The molecule has 4 rings (SSSR count). The van der Waals surface area contributed by atoms with Gasteiger partial charge in [0, 0.05) is 29.8 Å². The fraction of sp³-hybridized carbons (Fsp3) is 0.304. The Hall–Kier alpha value is -2.66. The maximum atomic E-state index is 5.75. The van der Waals surface area contributed by atoms with E-state index in [-0.39, 0.29) is 12.1 Å². The van der Waals surface area contributed by atoms with E-state index >= 15 is 0 Å². The van der Waals surface area contributed by atoms with Gasteiger partial charge in [0.1, 0.15) is 0 Å². The molecule has 1 aromatic carbocycles. The molecule has 0 saturated carbocycles. The predicted octanol–water partition coefficient (Wildman–Crippen LogP) is 4.95. The summed E-state index contributed by atoms with van der Waals surface area (Å²) in [4.78, 5) is 6.98. The number of aromatic nitrogens is 2. The molecule has 0 spiro atoms. The highest BCUT2D eigenvalue weighted by molar-refractivity contribution is 7.80. The van der Waals surface area contributed by atoms with Gasteiger partial charge in [-0.25, -0.2) is 0 Å². The molecule has 1 aliphatic heterocycles. The molecular weight excluding hydrogens is 364 g/mol. The van der Waals surface area contributed by atoms with Crippen molar-refractivity contribution in [2.45, 2.75) is 38.8 Å². The van der Waals surface area contributed by atoms with E-state index in [1.807, 2.05) is 18.3 Å². The molecule has 28 heavy (non-hydrogen) atoms. The van der Waals surface area contributed by atoms with Crippen LogP contribution in [0.1, 0.15) is 48.9 Å². The molecule has 0 radical (unpaired) electrons. The first-order valence-corrected chi connectivity index (χ1v) is 10.3. The van der Waals surface area contributed by atoms with Crippen LogP contribution in [0.3, 0.4) is 0 Å². The third kappa shape index (κ3) is 3.42. The van der Waals surface area contributed by atoms with Gasteiger partial charge >= 0.3 is 0 Å². The Balaban J connectivity index is 1.82. The molecule has 3 aromatic rings. The number of nitrogens with one attached hydrogen (secondary N) is 1. The van der Waals surface area contributed by atoms with Crippen LogP contribution in [0.2, 0.25) is 0 Å². The maximum Gasteiger partial charge on any atom is 0.170 e. The number of thiocarbonyl (C=S) groups is 1. The molecule has 2 atom stereocenters. The second-order valence-electron chi connectivity index (χ2n) is 7.24. The van der Waals surface area contributed by atoms with Crippen molar-refractivity contribution in [3.63, 3.8) is 0 Å². The first kappa shape index (κ1) is 18.7. The topological polar surface area (TPSA) is 33.1 Å². The average Bonchev–Trinajstić information content (AvgIpc) is 3.27. The van der Waals surface area contributed by atoms with Crippen molar-refractivity contribution in [3.05, 3.63) is 83.9 Å². The normalized spacial score (nSPS) is 19.1. The van der Waals surface area contributed by atoms with E-state index < -0.39 is 0 Å². The SMILES string of the molecule is CCCCN1C(=S)N[C@H](c2ccccn2)[C@H]1c1ccc(C)n1-c1ccccc1. The van der Waals surface area contributed by atoms with Crippen LogP contribution >= 0.6 is 12.2 Å². The van der Waals surface area contributed by atoms with Gasteiger partial charge in [-0.3, -0.25) is 4.98 Å². The van der Waals surface area contributed by atoms with Crippen LogP contribution < -0.4 is 5.32 Å². The molecule has 0 unspecified atom stereocenters. The molecule has 3 heterocycles. The second kappa shape index (κ2) is 8.15. The van der Waals surface area contributed by atoms with Crippen LogP contribution in [0.5, 0.6) is 0 Å². The fourth-order valence-electron chi connectivity index (χ4n) is 4.02. The van der Waals surface area contributed by atoms with Gasteiger partial charge in [-0.15, -0.1) is 0 Å². The van der Waals surface area contributed by atoms with Gasteiger partial charge in [-0.1, -0.05) is 37.6 Å². The number of nitrogens with zero attached hydrogens (tertiary/aromatic N) is 3. The summed E-state index contributed by atoms with van der Waals surface area (Å²) in [6.07, 6.45) is 4.10. The van der Waals surface area contributed by atoms with Crippen molar-refractivity contribution in [2.24, 2.45) is 0 Å². The zero-order valence-electron chi connectivity index (χ0n) is 16.4. The number of para-hydroxylation sites is 1. The molecule has 1 N–H and O–H groups in total. The molecule has 2 aromatic heterocycles. The van der Waals surface area contributed by atoms with Crippen LogP contribution in [0, 0.1) is 6.92 Å². The van der Waals surface area contributed by atoms with Gasteiger partial charge in [-0.05, 0) is 62.0 Å². The third-order valence-corrected chi connectivity index (χ3v) is 5.73. The minimum absolute atomic E-state index is 0.0299. The third-order valence-electron chi connectivity index (χ3n) is 5.37. The van der Waals surface area contributed by atoms with E-state index in [1.54, 1.807) is 0 Å². The molecule has 1 aliphatic rings. The molecule has 5 heteroatoms. The van der Waals surface area contributed by atoms with Crippen molar-refractivity contribution in [1.29, 1.82) is 0 Å². The van der Waals surface area contributed by atoms with Crippen molar-refractivity contribution in [2.75, 3.05) is 6.54 Å². The largest absolute Gasteiger partial charge is 0.352 e. The summed E-state index contributed by atoms with van der Waals surface area (Å²) >= 11 is 5.75. The number of hydrogen-bond donors (Lipinski definition) is 1. The van der Waals surface area contributed by atoms with Gasteiger partial charge < -0.3 is 14.8 Å². The lowest BCUT2D eigenvalue weighted by molar-refractivity contribution is 0.304. The van der Waals surface area contributed by atoms with Crippen LogP contribution in [-0.2, 0) is 0 Å². The molecule has 0 bridgehead atoms. The lowest BCUT2D eigenvalue weighted by atomic mass is 10.0. The van der Waals surface area contributed by atoms with Crippen LogP contribution in [0.25, 0.3) is 5.69 Å². The van der Waals surface area contributed by atoms with Crippen LogP contribution in [0.4, 0.5) is 0 Å². The van der Waals surface area contributed by atoms with E-state index in [0.717, 1.165) is 30.2 Å². The minimum Gasteiger partial charge on any atom is -0.352 e. The fourth-order valence-corrected chi connectivity index (χ4v) is 4.35. The van der Waals surface area contributed by atoms with E-state index in [1.165, 1.54) is 17.1 Å². The molecule has 0 aliphatic carbocycles. The summed E-state index contributed by atoms with van der Waals surface area (Å²) in [5.41, 5.74) is 4.65.